The summed E-state index contributed by atoms with van der Waals surface area (Å²) in [5.41, 5.74) is -0.0759. The number of hydrogen-bond acceptors (Lipinski definition) is 8. The normalized spacial score (nSPS) is 24.8. The number of aryl methyl sites for hydroxylation is 1. The van der Waals surface area contributed by atoms with Crippen LogP contribution in [0, 0.1) is 34.2 Å². The zero-order valence-corrected chi connectivity index (χ0v) is 20.0. The lowest BCUT2D eigenvalue weighted by Crippen LogP contribution is -2.40. The lowest BCUT2D eigenvalue weighted by atomic mass is 9.96. The highest BCUT2D eigenvalue weighted by molar-refractivity contribution is 5.98. The minimum atomic E-state index is -2.74. The summed E-state index contributed by atoms with van der Waals surface area (Å²) in [5.74, 6) is -4.49. The summed E-state index contributed by atoms with van der Waals surface area (Å²) < 4.78 is 47.7. The highest BCUT2D eigenvalue weighted by Gasteiger charge is 2.53. The minimum Gasteiger partial charge on any atom is -0.404 e. The van der Waals surface area contributed by atoms with Crippen molar-refractivity contribution in [2.24, 2.45) is 11.3 Å². The topological polar surface area (TPSA) is 102 Å². The molecule has 0 unspecified atom stereocenters. The van der Waals surface area contributed by atoms with E-state index < -0.39 is 33.9 Å². The van der Waals surface area contributed by atoms with E-state index in [4.69, 9.17) is 4.74 Å². The number of anilines is 2. The quantitative estimate of drug-likeness (QED) is 0.332. The summed E-state index contributed by atoms with van der Waals surface area (Å²) in [5, 5.41) is 11.4. The number of fused-ring (bicyclic) bond motifs is 1. The molecule has 0 bridgehead atoms. The predicted octanol–water partition coefficient (Wildman–Crippen LogP) is 4.52. The molecule has 1 saturated carbocycles. The fourth-order valence-corrected chi connectivity index (χ4v) is 5.09. The van der Waals surface area contributed by atoms with Gasteiger partial charge in [-0.2, -0.15) is 4.98 Å². The van der Waals surface area contributed by atoms with E-state index in [1.165, 1.54) is 12.1 Å². The van der Waals surface area contributed by atoms with E-state index in [2.05, 4.69) is 16.9 Å². The van der Waals surface area contributed by atoms with Crippen LogP contribution in [0.1, 0.15) is 48.7 Å². The van der Waals surface area contributed by atoms with Gasteiger partial charge in [0.25, 0.3) is 11.6 Å². The lowest BCUT2D eigenvalue weighted by molar-refractivity contribution is -0.385. The molecule has 2 aromatic rings. The first-order chi connectivity index (χ1) is 16.9. The zero-order chi connectivity index (χ0) is 25.8. The second kappa shape index (κ2) is 8.59. The first-order valence-corrected chi connectivity index (χ1v) is 11.9. The van der Waals surface area contributed by atoms with Crippen molar-refractivity contribution < 1.29 is 27.6 Å². The molecule has 0 amide bonds. The van der Waals surface area contributed by atoms with Crippen molar-refractivity contribution in [2.45, 2.75) is 45.5 Å². The Hall–Kier alpha value is -3.44. The number of halogens is 3. The minimum absolute atomic E-state index is 0.0417. The maximum Gasteiger partial charge on any atom is 0.350 e. The van der Waals surface area contributed by atoms with E-state index >= 15 is 4.39 Å². The SMILES string of the molecule is Cc1cc(OC(=O)c2c(F)cc([N+](=O)[O-])cc2N2CC[C@]3(C)C[C@@H]3C2)nc(N2CCC(F)(F)CC2)n1. The molecule has 2 atom stereocenters. The van der Waals surface area contributed by atoms with Crippen LogP contribution >= 0.6 is 0 Å². The molecule has 9 nitrogen and oxygen atoms in total. The van der Waals surface area contributed by atoms with E-state index in [1.807, 2.05) is 0 Å². The summed E-state index contributed by atoms with van der Waals surface area (Å²) >= 11 is 0. The van der Waals surface area contributed by atoms with Crippen molar-refractivity contribution in [1.82, 2.24) is 9.97 Å². The van der Waals surface area contributed by atoms with Gasteiger partial charge in [-0.3, -0.25) is 10.1 Å². The summed E-state index contributed by atoms with van der Waals surface area (Å²) in [6.07, 6.45) is 1.17. The second-order valence-electron chi connectivity index (χ2n) is 10.2. The van der Waals surface area contributed by atoms with Gasteiger partial charge < -0.3 is 14.5 Å². The number of alkyl halides is 2. The van der Waals surface area contributed by atoms with Crippen molar-refractivity contribution in [3.05, 3.63) is 45.4 Å². The number of nitro benzene ring substituents is 1. The largest absolute Gasteiger partial charge is 0.404 e. The standard InChI is InChI=1S/C24H26F3N5O4/c1-14-9-19(29-22(28-14)30-7-4-24(26,27)5-8-30)36-21(33)20-17(25)10-16(32(34)35)11-18(20)31-6-3-23(2)12-15(23)13-31/h9-11,15H,3-8,12-13H2,1-2H3/t15-,23-/m1/s1. The number of rotatable bonds is 5. The Morgan fingerprint density at radius 3 is 2.50 bits per heavy atom. The molecule has 2 aliphatic heterocycles. The molecular formula is C24H26F3N5O4. The molecule has 12 heteroatoms. The number of esters is 1. The van der Waals surface area contributed by atoms with Crippen molar-refractivity contribution >= 4 is 23.3 Å². The monoisotopic (exact) mass is 505 g/mol. The fraction of sp³-hybridized carbons (Fsp3) is 0.542. The van der Waals surface area contributed by atoms with E-state index in [0.717, 1.165) is 12.8 Å². The molecule has 0 N–H and O–H groups in total. The first kappa shape index (κ1) is 24.3. The van der Waals surface area contributed by atoms with Gasteiger partial charge in [0, 0.05) is 56.8 Å². The molecule has 1 aromatic heterocycles. The maximum atomic E-state index is 15.1. The van der Waals surface area contributed by atoms with Crippen LogP contribution in [0.15, 0.2) is 18.2 Å². The smallest absolute Gasteiger partial charge is 0.350 e. The number of aromatic nitrogens is 2. The fourth-order valence-electron chi connectivity index (χ4n) is 5.09. The number of ether oxygens (including phenoxy) is 1. The first-order valence-electron chi connectivity index (χ1n) is 11.9. The van der Waals surface area contributed by atoms with Crippen LogP contribution in [0.3, 0.4) is 0 Å². The average Bonchev–Trinajstić information content (AvgIpc) is 3.48. The van der Waals surface area contributed by atoms with Gasteiger partial charge in [0.15, 0.2) is 0 Å². The molecule has 36 heavy (non-hydrogen) atoms. The number of benzene rings is 1. The van der Waals surface area contributed by atoms with Crippen molar-refractivity contribution in [2.75, 3.05) is 36.0 Å². The number of nitrogens with zero attached hydrogens (tertiary/aromatic N) is 5. The van der Waals surface area contributed by atoms with Crippen molar-refractivity contribution in [1.29, 1.82) is 0 Å². The highest BCUT2D eigenvalue weighted by Crippen LogP contribution is 2.58. The Kier molecular flexibility index (Phi) is 5.79. The molecule has 5 rings (SSSR count). The van der Waals surface area contributed by atoms with Gasteiger partial charge in [0.05, 0.1) is 16.7 Å². The highest BCUT2D eigenvalue weighted by atomic mass is 19.3. The Bertz CT molecular complexity index is 1230. The van der Waals surface area contributed by atoms with Crippen LogP contribution in [0.2, 0.25) is 0 Å². The maximum absolute atomic E-state index is 15.1. The molecule has 3 heterocycles. The number of carbonyl (C=O) groups is 1. The molecule has 0 spiro atoms. The third-order valence-corrected chi connectivity index (χ3v) is 7.54. The summed E-state index contributed by atoms with van der Waals surface area (Å²) in [4.78, 5) is 35.7. The third-order valence-electron chi connectivity index (χ3n) is 7.54. The van der Waals surface area contributed by atoms with Crippen LogP contribution in [0.25, 0.3) is 0 Å². The van der Waals surface area contributed by atoms with E-state index in [-0.39, 0.29) is 48.9 Å². The predicted molar refractivity (Wildman–Crippen MR) is 124 cm³/mol. The summed E-state index contributed by atoms with van der Waals surface area (Å²) in [7, 11) is 0. The number of nitro groups is 1. The third kappa shape index (κ3) is 4.68. The van der Waals surface area contributed by atoms with Crippen LogP contribution in [-0.2, 0) is 0 Å². The van der Waals surface area contributed by atoms with Gasteiger partial charge in [0.2, 0.25) is 11.8 Å². The average molecular weight is 505 g/mol. The molecule has 3 aliphatic rings. The number of piperidine rings is 2. The van der Waals surface area contributed by atoms with Gasteiger partial charge in [-0.1, -0.05) is 6.92 Å². The number of non-ortho nitro benzene ring substituents is 1. The van der Waals surface area contributed by atoms with Gasteiger partial charge in [-0.05, 0) is 31.1 Å². The number of carbonyl (C=O) groups excluding carboxylic acids is 1. The van der Waals surface area contributed by atoms with Gasteiger partial charge in [0.1, 0.15) is 11.4 Å². The zero-order valence-electron chi connectivity index (χ0n) is 20.0. The van der Waals surface area contributed by atoms with Crippen LogP contribution in [0.4, 0.5) is 30.5 Å². The Labute approximate surface area is 205 Å². The van der Waals surface area contributed by atoms with E-state index in [0.29, 0.717) is 30.8 Å². The molecule has 1 aliphatic carbocycles. The van der Waals surface area contributed by atoms with Crippen LogP contribution in [-0.4, -0.2) is 53.0 Å². The summed E-state index contributed by atoms with van der Waals surface area (Å²) in [6.45, 7) is 4.99. The van der Waals surface area contributed by atoms with E-state index in [9.17, 15) is 23.7 Å². The van der Waals surface area contributed by atoms with Gasteiger partial charge in [-0.15, -0.1) is 0 Å². The molecule has 1 aromatic carbocycles. The van der Waals surface area contributed by atoms with Crippen LogP contribution < -0.4 is 14.5 Å². The van der Waals surface area contributed by atoms with Crippen molar-refractivity contribution in [3.8, 4) is 5.88 Å². The van der Waals surface area contributed by atoms with E-state index in [1.54, 1.807) is 16.7 Å². The second-order valence-corrected chi connectivity index (χ2v) is 10.2. The Morgan fingerprint density at radius 2 is 1.83 bits per heavy atom. The molecule has 3 fully saturated rings. The Balaban J connectivity index is 1.43. The molecule has 192 valence electrons. The van der Waals surface area contributed by atoms with Crippen LogP contribution in [0.5, 0.6) is 5.88 Å². The Morgan fingerprint density at radius 1 is 1.14 bits per heavy atom. The van der Waals surface area contributed by atoms with Crippen molar-refractivity contribution in [3.63, 3.8) is 0 Å². The van der Waals surface area contributed by atoms with Gasteiger partial charge >= 0.3 is 5.97 Å². The number of hydrogen-bond donors (Lipinski definition) is 0. The molecule has 2 saturated heterocycles. The lowest BCUT2D eigenvalue weighted by Gasteiger charge is -2.32. The molecular weight excluding hydrogens is 479 g/mol. The molecule has 0 radical (unpaired) electrons. The van der Waals surface area contributed by atoms with Gasteiger partial charge in [-0.25, -0.2) is 22.9 Å². The summed E-state index contributed by atoms with van der Waals surface area (Å²) in [6, 6.07) is 3.30.